The number of aromatic nitrogens is 1. The van der Waals surface area contributed by atoms with E-state index in [9.17, 15) is 4.79 Å². The molecule has 1 heterocycles. The molecule has 0 fully saturated rings. The number of benzene rings is 2. The molecule has 0 saturated carbocycles. The van der Waals surface area contributed by atoms with E-state index < -0.39 is 0 Å². The molecule has 0 aliphatic heterocycles. The third-order valence-electron chi connectivity index (χ3n) is 4.05. The van der Waals surface area contributed by atoms with Gasteiger partial charge in [-0.05, 0) is 17.7 Å². The maximum absolute atomic E-state index is 12.5. The number of nitrogens with zero attached hydrogens (tertiary/aromatic N) is 1. The molecule has 0 saturated heterocycles. The molecule has 0 unspecified atom stereocenters. The van der Waals surface area contributed by atoms with Crippen molar-refractivity contribution in [3.8, 4) is 11.5 Å². The second-order valence-electron chi connectivity index (χ2n) is 5.91. The van der Waals surface area contributed by atoms with Gasteiger partial charge in [0.1, 0.15) is 17.3 Å². The van der Waals surface area contributed by atoms with Gasteiger partial charge in [0.2, 0.25) is 0 Å². The summed E-state index contributed by atoms with van der Waals surface area (Å²) in [7, 11) is 3.08. The SMILES string of the molecule is COc1cc(Nc2cc(C(=O)NCc3ccccc3)ccn2)c(OC)cc1Cl. The summed E-state index contributed by atoms with van der Waals surface area (Å²) in [5, 5.41) is 6.47. The first kappa shape index (κ1) is 19.5. The number of ether oxygens (including phenoxy) is 2. The van der Waals surface area contributed by atoms with Gasteiger partial charge in [-0.15, -0.1) is 0 Å². The number of pyridine rings is 1. The average molecular weight is 398 g/mol. The Morgan fingerprint density at radius 1 is 1.04 bits per heavy atom. The van der Waals surface area contributed by atoms with Crippen LogP contribution in [0.2, 0.25) is 5.02 Å². The summed E-state index contributed by atoms with van der Waals surface area (Å²) < 4.78 is 10.6. The number of methoxy groups -OCH3 is 2. The molecule has 0 spiro atoms. The number of hydrogen-bond acceptors (Lipinski definition) is 5. The highest BCUT2D eigenvalue weighted by atomic mass is 35.5. The fraction of sp³-hybridized carbons (Fsp3) is 0.143. The summed E-state index contributed by atoms with van der Waals surface area (Å²) >= 11 is 6.13. The van der Waals surface area contributed by atoms with Gasteiger partial charge in [0.05, 0.1) is 24.9 Å². The van der Waals surface area contributed by atoms with Crippen molar-refractivity contribution in [3.63, 3.8) is 0 Å². The van der Waals surface area contributed by atoms with Crippen molar-refractivity contribution >= 4 is 29.0 Å². The van der Waals surface area contributed by atoms with Crippen molar-refractivity contribution < 1.29 is 14.3 Å². The first-order chi connectivity index (χ1) is 13.6. The Morgan fingerprint density at radius 3 is 2.50 bits per heavy atom. The number of anilines is 2. The third kappa shape index (κ3) is 4.72. The highest BCUT2D eigenvalue weighted by Gasteiger charge is 2.12. The smallest absolute Gasteiger partial charge is 0.251 e. The van der Waals surface area contributed by atoms with Gasteiger partial charge in [0, 0.05) is 30.4 Å². The molecule has 0 radical (unpaired) electrons. The summed E-state index contributed by atoms with van der Waals surface area (Å²) in [6.45, 7) is 0.451. The minimum absolute atomic E-state index is 0.185. The Kier molecular flexibility index (Phi) is 6.34. The summed E-state index contributed by atoms with van der Waals surface area (Å²) in [6.07, 6.45) is 1.57. The molecule has 28 heavy (non-hydrogen) atoms. The second-order valence-corrected chi connectivity index (χ2v) is 6.32. The van der Waals surface area contributed by atoms with E-state index in [0.29, 0.717) is 40.1 Å². The highest BCUT2D eigenvalue weighted by molar-refractivity contribution is 6.32. The zero-order valence-electron chi connectivity index (χ0n) is 15.5. The normalized spacial score (nSPS) is 10.2. The standard InChI is InChI=1S/C21H20ClN3O3/c1-27-18-12-17(19(28-2)11-16(18)22)25-20-10-15(8-9-23-20)21(26)24-13-14-6-4-3-5-7-14/h3-12H,13H2,1-2H3,(H,23,25)(H,24,26). The molecule has 7 heteroatoms. The summed E-state index contributed by atoms with van der Waals surface area (Å²) in [4.78, 5) is 16.7. The van der Waals surface area contributed by atoms with E-state index in [1.165, 1.54) is 7.11 Å². The molecule has 1 aromatic heterocycles. The average Bonchev–Trinajstić information content (AvgIpc) is 2.73. The van der Waals surface area contributed by atoms with Gasteiger partial charge in [0.25, 0.3) is 5.91 Å². The molecule has 144 valence electrons. The summed E-state index contributed by atoms with van der Waals surface area (Å²) in [5.41, 5.74) is 2.15. The Labute approximate surface area is 168 Å². The van der Waals surface area contributed by atoms with Gasteiger partial charge in [-0.3, -0.25) is 4.79 Å². The molecule has 0 aliphatic rings. The van der Waals surface area contributed by atoms with Crippen LogP contribution in [0.15, 0.2) is 60.8 Å². The first-order valence-electron chi connectivity index (χ1n) is 8.57. The molecule has 3 aromatic rings. The van der Waals surface area contributed by atoms with Gasteiger partial charge in [-0.25, -0.2) is 4.98 Å². The number of carbonyl (C=O) groups is 1. The predicted octanol–water partition coefficient (Wildman–Crippen LogP) is 4.43. The zero-order valence-corrected chi connectivity index (χ0v) is 16.3. The Hall–Kier alpha value is -3.25. The molecule has 0 bridgehead atoms. The number of rotatable bonds is 7. The molecule has 2 N–H and O–H groups in total. The van der Waals surface area contributed by atoms with Crippen LogP contribution in [0.1, 0.15) is 15.9 Å². The van der Waals surface area contributed by atoms with Crippen molar-refractivity contribution in [2.24, 2.45) is 0 Å². The minimum atomic E-state index is -0.185. The van der Waals surface area contributed by atoms with Crippen molar-refractivity contribution in [1.82, 2.24) is 10.3 Å². The van der Waals surface area contributed by atoms with E-state index in [1.54, 1.807) is 37.6 Å². The van der Waals surface area contributed by atoms with Crippen LogP contribution in [-0.4, -0.2) is 25.1 Å². The number of amides is 1. The van der Waals surface area contributed by atoms with E-state index in [1.807, 2.05) is 30.3 Å². The Balaban J connectivity index is 1.75. The van der Waals surface area contributed by atoms with Crippen molar-refractivity contribution in [3.05, 3.63) is 76.9 Å². The second kappa shape index (κ2) is 9.10. The zero-order chi connectivity index (χ0) is 19.9. The van der Waals surface area contributed by atoms with Crippen molar-refractivity contribution in [2.75, 3.05) is 19.5 Å². The number of halogens is 1. The van der Waals surface area contributed by atoms with Gasteiger partial charge in [-0.2, -0.15) is 0 Å². The van der Waals surface area contributed by atoms with Crippen LogP contribution in [0.5, 0.6) is 11.5 Å². The summed E-state index contributed by atoms with van der Waals surface area (Å²) in [5.74, 6) is 1.35. The molecular weight excluding hydrogens is 378 g/mol. The Morgan fingerprint density at radius 2 is 1.79 bits per heavy atom. The van der Waals surface area contributed by atoms with Crippen molar-refractivity contribution in [2.45, 2.75) is 6.54 Å². The molecule has 2 aromatic carbocycles. The largest absolute Gasteiger partial charge is 0.495 e. The van der Waals surface area contributed by atoms with E-state index in [-0.39, 0.29) is 5.91 Å². The topological polar surface area (TPSA) is 72.5 Å². The first-order valence-corrected chi connectivity index (χ1v) is 8.95. The van der Waals surface area contributed by atoms with Crippen LogP contribution in [0.4, 0.5) is 11.5 Å². The maximum atomic E-state index is 12.5. The van der Waals surface area contributed by atoms with Gasteiger partial charge >= 0.3 is 0 Å². The highest BCUT2D eigenvalue weighted by Crippen LogP contribution is 2.37. The van der Waals surface area contributed by atoms with E-state index in [4.69, 9.17) is 21.1 Å². The van der Waals surface area contributed by atoms with Crippen LogP contribution < -0.4 is 20.1 Å². The number of hydrogen-bond donors (Lipinski definition) is 2. The van der Waals surface area contributed by atoms with Crippen LogP contribution in [0.25, 0.3) is 0 Å². The molecule has 0 atom stereocenters. The maximum Gasteiger partial charge on any atom is 0.251 e. The van der Waals surface area contributed by atoms with E-state index in [0.717, 1.165) is 5.56 Å². The van der Waals surface area contributed by atoms with Gasteiger partial charge < -0.3 is 20.1 Å². The number of nitrogens with one attached hydrogen (secondary N) is 2. The third-order valence-corrected chi connectivity index (χ3v) is 4.35. The molecule has 1 amide bonds. The van der Waals surface area contributed by atoms with Crippen LogP contribution >= 0.6 is 11.6 Å². The van der Waals surface area contributed by atoms with E-state index >= 15 is 0 Å². The lowest BCUT2D eigenvalue weighted by molar-refractivity contribution is 0.0951. The van der Waals surface area contributed by atoms with E-state index in [2.05, 4.69) is 15.6 Å². The van der Waals surface area contributed by atoms with Gasteiger partial charge in [0.15, 0.2) is 0 Å². The van der Waals surface area contributed by atoms with Crippen molar-refractivity contribution in [1.29, 1.82) is 0 Å². The molecular formula is C21H20ClN3O3. The lowest BCUT2D eigenvalue weighted by Gasteiger charge is -2.14. The quantitative estimate of drug-likeness (QED) is 0.617. The molecule has 3 rings (SSSR count). The van der Waals surface area contributed by atoms with Crippen LogP contribution in [0.3, 0.4) is 0 Å². The Bertz CT molecular complexity index is 964. The van der Waals surface area contributed by atoms with Crippen LogP contribution in [0, 0.1) is 0 Å². The monoisotopic (exact) mass is 397 g/mol. The molecule has 6 nitrogen and oxygen atoms in total. The predicted molar refractivity (Wildman–Crippen MR) is 110 cm³/mol. The lowest BCUT2D eigenvalue weighted by atomic mass is 10.2. The fourth-order valence-electron chi connectivity index (χ4n) is 2.62. The lowest BCUT2D eigenvalue weighted by Crippen LogP contribution is -2.22. The summed E-state index contributed by atoms with van der Waals surface area (Å²) in [6, 6.07) is 16.4. The molecule has 0 aliphatic carbocycles. The fourth-order valence-corrected chi connectivity index (χ4v) is 2.85. The number of carbonyl (C=O) groups excluding carboxylic acids is 1. The van der Waals surface area contributed by atoms with Crippen LogP contribution in [-0.2, 0) is 6.54 Å². The van der Waals surface area contributed by atoms with Gasteiger partial charge in [-0.1, -0.05) is 41.9 Å². The minimum Gasteiger partial charge on any atom is -0.495 e.